The van der Waals surface area contributed by atoms with E-state index in [1.54, 1.807) is 16.9 Å². The average Bonchev–Trinajstić information content (AvgIpc) is 3.51. The van der Waals surface area contributed by atoms with E-state index in [0.29, 0.717) is 12.5 Å². The van der Waals surface area contributed by atoms with Crippen molar-refractivity contribution in [1.29, 1.82) is 0 Å². The van der Waals surface area contributed by atoms with Crippen molar-refractivity contribution in [1.82, 2.24) is 19.6 Å². The third-order valence-electron chi connectivity index (χ3n) is 10.0. The van der Waals surface area contributed by atoms with Crippen molar-refractivity contribution in [3.8, 4) is 16.9 Å². The predicted octanol–water partition coefficient (Wildman–Crippen LogP) is 5.74. The second kappa shape index (κ2) is 13.5. The van der Waals surface area contributed by atoms with E-state index in [2.05, 4.69) is 14.9 Å². The summed E-state index contributed by atoms with van der Waals surface area (Å²) in [6.07, 6.45) is 10.0. The minimum absolute atomic E-state index is 0.0389. The number of carbonyl (C=O) groups excluding carboxylic acids is 1. The molecule has 0 saturated carbocycles. The number of likely N-dealkylation sites (tertiary alicyclic amines) is 2. The number of benzene rings is 2. The molecular weight excluding hydrogens is 572 g/mol. The Kier molecular flexibility index (Phi) is 9.25. The number of aromatic nitrogens is 2. The minimum atomic E-state index is -0.389. The van der Waals surface area contributed by atoms with Gasteiger partial charge < -0.3 is 24.2 Å². The van der Waals surface area contributed by atoms with E-state index in [9.17, 15) is 14.9 Å². The smallest absolute Gasteiger partial charge is 0.410 e. The quantitative estimate of drug-likeness (QED) is 0.233. The highest BCUT2D eigenvalue weighted by atomic mass is 16.6. The Labute approximate surface area is 264 Å². The number of aryl methyl sites for hydroxylation is 1. The van der Waals surface area contributed by atoms with Crippen LogP contribution < -0.4 is 9.64 Å². The molecule has 3 aromatic rings. The Bertz CT molecular complexity index is 1480. The van der Waals surface area contributed by atoms with Gasteiger partial charge in [0, 0.05) is 74.9 Å². The van der Waals surface area contributed by atoms with E-state index in [-0.39, 0.29) is 27.9 Å². The normalized spacial score (nSPS) is 19.1. The third kappa shape index (κ3) is 7.08. The van der Waals surface area contributed by atoms with E-state index in [1.165, 1.54) is 13.5 Å². The number of hydrogen-bond donors (Lipinski definition) is 0. The summed E-state index contributed by atoms with van der Waals surface area (Å²) in [5, 5.41) is 16.1. The van der Waals surface area contributed by atoms with Gasteiger partial charge in [-0.2, -0.15) is 5.10 Å². The van der Waals surface area contributed by atoms with Crippen LogP contribution in [0.4, 0.5) is 16.2 Å². The first-order chi connectivity index (χ1) is 21.8. The molecule has 1 aromatic heterocycles. The summed E-state index contributed by atoms with van der Waals surface area (Å²) in [7, 11) is 3.33. The molecule has 240 valence electrons. The van der Waals surface area contributed by atoms with Gasteiger partial charge in [0.05, 0.1) is 18.2 Å². The lowest BCUT2D eigenvalue weighted by molar-refractivity contribution is -0.385. The highest BCUT2D eigenvalue weighted by Gasteiger charge is 2.40. The summed E-state index contributed by atoms with van der Waals surface area (Å²) in [6.45, 7) is 6.89. The highest BCUT2D eigenvalue weighted by molar-refractivity contribution is 5.82. The second-order valence-electron chi connectivity index (χ2n) is 13.0. The molecule has 2 aromatic carbocycles. The molecule has 11 nitrogen and oxygen atoms in total. The molecule has 0 radical (unpaired) electrons. The van der Waals surface area contributed by atoms with Crippen molar-refractivity contribution in [2.24, 2.45) is 18.4 Å². The number of amides is 1. The van der Waals surface area contributed by atoms with Crippen LogP contribution in [0.25, 0.3) is 11.1 Å². The van der Waals surface area contributed by atoms with Crippen LogP contribution in [-0.4, -0.2) is 83.5 Å². The number of nitro benzene ring substituents is 1. The average molecular weight is 617 g/mol. The molecule has 1 amide bonds. The second-order valence-corrected chi connectivity index (χ2v) is 13.0. The summed E-state index contributed by atoms with van der Waals surface area (Å²) in [5.74, 6) is 0.880. The van der Waals surface area contributed by atoms with Gasteiger partial charge in [0.2, 0.25) is 0 Å². The first-order valence-electron chi connectivity index (χ1n) is 16.1. The highest BCUT2D eigenvalue weighted by Crippen LogP contribution is 2.43. The molecule has 3 saturated heterocycles. The molecule has 0 unspecified atom stereocenters. The zero-order valence-electron chi connectivity index (χ0n) is 26.4. The number of ether oxygens (including phenoxy) is 2. The summed E-state index contributed by atoms with van der Waals surface area (Å²) in [4.78, 5) is 31.2. The van der Waals surface area contributed by atoms with Crippen LogP contribution in [0.15, 0.2) is 54.9 Å². The van der Waals surface area contributed by atoms with Gasteiger partial charge in [0.1, 0.15) is 6.61 Å². The Hall–Kier alpha value is -4.12. The van der Waals surface area contributed by atoms with Crippen LogP contribution in [0.1, 0.15) is 44.1 Å². The monoisotopic (exact) mass is 616 g/mol. The molecule has 11 heteroatoms. The third-order valence-corrected chi connectivity index (χ3v) is 10.0. The van der Waals surface area contributed by atoms with Crippen molar-refractivity contribution in [2.75, 3.05) is 57.8 Å². The molecule has 3 fully saturated rings. The van der Waals surface area contributed by atoms with E-state index in [0.717, 1.165) is 100 Å². The first-order valence-corrected chi connectivity index (χ1v) is 16.1. The Morgan fingerprint density at radius 2 is 1.82 bits per heavy atom. The van der Waals surface area contributed by atoms with Crippen molar-refractivity contribution in [3.63, 3.8) is 0 Å². The summed E-state index contributed by atoms with van der Waals surface area (Å²) in [6, 6.07) is 13.3. The molecule has 0 aliphatic carbocycles. The Morgan fingerprint density at radius 1 is 1.07 bits per heavy atom. The van der Waals surface area contributed by atoms with Crippen LogP contribution in [0.5, 0.6) is 5.75 Å². The first kappa shape index (κ1) is 30.9. The number of nitrogens with zero attached hydrogens (tertiary/aromatic N) is 6. The number of anilines is 1. The molecule has 0 bridgehead atoms. The zero-order valence-corrected chi connectivity index (χ0v) is 26.4. The summed E-state index contributed by atoms with van der Waals surface area (Å²) < 4.78 is 12.8. The van der Waals surface area contributed by atoms with Crippen molar-refractivity contribution >= 4 is 17.5 Å². The van der Waals surface area contributed by atoms with Gasteiger partial charge in [0.25, 0.3) is 0 Å². The molecule has 3 aliphatic rings. The number of hydrogen-bond acceptors (Lipinski definition) is 8. The number of nitro groups is 1. The molecule has 0 N–H and O–H groups in total. The Balaban J connectivity index is 1.02. The number of rotatable bonds is 8. The van der Waals surface area contributed by atoms with Crippen molar-refractivity contribution in [3.05, 3.63) is 70.5 Å². The molecule has 1 spiro atoms. The standard InChI is InChI=1S/C34H44N6O5/c1-36-23-28(21-35-36)29-19-31(40(42)43)32(44-2)20-30(29)38-15-9-26(10-16-38)22-37-17-12-34(13-18-37)11-6-14-39(25-34)33(41)45-24-27-7-4-3-5-8-27/h3-5,7-8,19-21,23,26H,6,9-18,22,24-25H2,1-2H3. The lowest BCUT2D eigenvalue weighted by atomic mass is 9.72. The number of piperidine rings is 3. The maximum Gasteiger partial charge on any atom is 0.410 e. The van der Waals surface area contributed by atoms with Gasteiger partial charge in [-0.15, -0.1) is 0 Å². The van der Waals surface area contributed by atoms with Crippen LogP contribution in [-0.2, 0) is 18.4 Å². The lowest BCUT2D eigenvalue weighted by Crippen LogP contribution is -2.52. The minimum Gasteiger partial charge on any atom is -0.490 e. The van der Waals surface area contributed by atoms with E-state index >= 15 is 0 Å². The van der Waals surface area contributed by atoms with Gasteiger partial charge in [-0.3, -0.25) is 14.8 Å². The lowest BCUT2D eigenvalue weighted by Gasteiger charge is -2.48. The van der Waals surface area contributed by atoms with E-state index in [4.69, 9.17) is 9.47 Å². The molecule has 4 heterocycles. The predicted molar refractivity (Wildman–Crippen MR) is 172 cm³/mol. The van der Waals surface area contributed by atoms with E-state index < -0.39 is 0 Å². The fourth-order valence-corrected chi connectivity index (χ4v) is 7.43. The maximum atomic E-state index is 12.9. The number of carbonyl (C=O) groups is 1. The molecule has 3 aliphatic heterocycles. The van der Waals surface area contributed by atoms with Gasteiger partial charge >= 0.3 is 11.8 Å². The molecule has 0 atom stereocenters. The van der Waals surface area contributed by atoms with Gasteiger partial charge in [-0.25, -0.2) is 4.79 Å². The zero-order chi connectivity index (χ0) is 31.4. The summed E-state index contributed by atoms with van der Waals surface area (Å²) >= 11 is 0. The summed E-state index contributed by atoms with van der Waals surface area (Å²) in [5.41, 5.74) is 3.78. The van der Waals surface area contributed by atoms with Crippen molar-refractivity contribution < 1.29 is 19.2 Å². The van der Waals surface area contributed by atoms with Gasteiger partial charge in [-0.05, 0) is 68.5 Å². The van der Waals surface area contributed by atoms with Crippen LogP contribution in [0, 0.1) is 21.4 Å². The van der Waals surface area contributed by atoms with Gasteiger partial charge in [0.15, 0.2) is 5.75 Å². The Morgan fingerprint density at radius 3 is 2.49 bits per heavy atom. The van der Waals surface area contributed by atoms with E-state index in [1.807, 2.05) is 54.5 Å². The van der Waals surface area contributed by atoms with Crippen LogP contribution in [0.3, 0.4) is 0 Å². The van der Waals surface area contributed by atoms with Crippen molar-refractivity contribution in [2.45, 2.75) is 45.1 Å². The number of methoxy groups -OCH3 is 1. The fourth-order valence-electron chi connectivity index (χ4n) is 7.43. The topological polar surface area (TPSA) is 106 Å². The van der Waals surface area contributed by atoms with Crippen LogP contribution >= 0.6 is 0 Å². The largest absolute Gasteiger partial charge is 0.490 e. The SMILES string of the molecule is COc1cc(N2CCC(CN3CCC4(CCCN(C(=O)OCc5ccccc5)C4)CC3)CC2)c(-c2cnn(C)c2)cc1[N+](=O)[O-]. The molecule has 45 heavy (non-hydrogen) atoms. The molecule has 6 rings (SSSR count). The van der Waals surface area contributed by atoms with Crippen LogP contribution in [0.2, 0.25) is 0 Å². The van der Waals surface area contributed by atoms with Gasteiger partial charge in [-0.1, -0.05) is 30.3 Å². The maximum absolute atomic E-state index is 12.9. The molecular formula is C34H44N6O5. The fraction of sp³-hybridized carbons (Fsp3) is 0.529.